The molecule has 0 aromatic carbocycles. The van der Waals surface area contributed by atoms with E-state index in [1.165, 1.54) is 19.4 Å². The van der Waals surface area contributed by atoms with E-state index in [9.17, 15) is 0 Å². The van der Waals surface area contributed by atoms with E-state index >= 15 is 0 Å². The van der Waals surface area contributed by atoms with E-state index in [1.807, 2.05) is 0 Å². The molecule has 2 rings (SSSR count). The zero-order valence-electron chi connectivity index (χ0n) is 7.86. The minimum atomic E-state index is 0.486. The fraction of sp³-hybridized carbons (Fsp3) is 0.667. The number of piperidine rings is 1. The Morgan fingerprint density at radius 2 is 2.54 bits per heavy atom. The topological polar surface area (TPSA) is 55.3 Å². The highest BCUT2D eigenvalue weighted by molar-refractivity contribution is 5.36. The van der Waals surface area contributed by atoms with Crippen molar-refractivity contribution in [2.75, 3.05) is 25.9 Å². The molecule has 13 heavy (non-hydrogen) atoms. The Kier molecular flexibility index (Phi) is 2.22. The van der Waals surface area contributed by atoms with Crippen molar-refractivity contribution in [2.24, 2.45) is 0 Å². The second-order valence-electron chi connectivity index (χ2n) is 3.75. The second-order valence-corrected chi connectivity index (χ2v) is 3.75. The van der Waals surface area contributed by atoms with Crippen LogP contribution in [0.5, 0.6) is 0 Å². The van der Waals surface area contributed by atoms with Crippen LogP contribution in [0.15, 0.2) is 10.7 Å². The van der Waals surface area contributed by atoms with Gasteiger partial charge in [0.1, 0.15) is 0 Å². The van der Waals surface area contributed by atoms with Crippen LogP contribution in [0.25, 0.3) is 0 Å². The third-order valence-corrected chi connectivity index (χ3v) is 2.69. The van der Waals surface area contributed by atoms with E-state index < -0.39 is 0 Å². The lowest BCUT2D eigenvalue weighted by Crippen LogP contribution is -2.30. The number of likely N-dealkylation sites (tertiary alicyclic amines) is 1. The largest absolute Gasteiger partial charge is 0.367 e. The molecule has 0 amide bonds. The summed E-state index contributed by atoms with van der Waals surface area (Å²) in [6, 6.07) is 0. The van der Waals surface area contributed by atoms with Gasteiger partial charge in [-0.15, -0.1) is 0 Å². The first-order valence-electron chi connectivity index (χ1n) is 4.66. The monoisotopic (exact) mass is 181 g/mol. The van der Waals surface area contributed by atoms with Crippen molar-refractivity contribution < 1.29 is 4.52 Å². The van der Waals surface area contributed by atoms with Crippen LogP contribution in [0.3, 0.4) is 0 Å². The number of hydrogen-bond donors (Lipinski definition) is 1. The molecule has 4 nitrogen and oxygen atoms in total. The molecule has 1 saturated heterocycles. The van der Waals surface area contributed by atoms with E-state index in [0.29, 0.717) is 11.8 Å². The molecule has 0 spiro atoms. The molecule has 4 heteroatoms. The maximum atomic E-state index is 5.67. The third-order valence-electron chi connectivity index (χ3n) is 2.69. The van der Waals surface area contributed by atoms with E-state index in [4.69, 9.17) is 10.3 Å². The summed E-state index contributed by atoms with van der Waals surface area (Å²) in [5.74, 6) is 0.991. The van der Waals surface area contributed by atoms with Crippen LogP contribution in [-0.2, 0) is 0 Å². The molecule has 1 atom stereocenters. The molecular formula is C9H15N3O. The molecule has 1 unspecified atom stereocenters. The molecule has 1 fully saturated rings. The lowest BCUT2D eigenvalue weighted by molar-refractivity contribution is 0.251. The van der Waals surface area contributed by atoms with E-state index in [0.717, 1.165) is 12.1 Å². The number of hydrogen-bond acceptors (Lipinski definition) is 4. The minimum absolute atomic E-state index is 0.486. The smallest absolute Gasteiger partial charge is 0.225 e. The van der Waals surface area contributed by atoms with Gasteiger partial charge in [0, 0.05) is 18.0 Å². The van der Waals surface area contributed by atoms with Gasteiger partial charge in [-0.2, -0.15) is 0 Å². The molecule has 0 saturated carbocycles. The number of aromatic nitrogens is 1. The Morgan fingerprint density at radius 1 is 1.69 bits per heavy atom. The maximum Gasteiger partial charge on any atom is 0.225 e. The van der Waals surface area contributed by atoms with Crippen LogP contribution in [0.1, 0.15) is 24.3 Å². The van der Waals surface area contributed by atoms with Gasteiger partial charge in [-0.1, -0.05) is 5.16 Å². The Balaban J connectivity index is 2.12. The number of nitrogens with two attached hydrogens (primary N) is 1. The predicted molar refractivity (Wildman–Crippen MR) is 50.4 cm³/mol. The highest BCUT2D eigenvalue weighted by atomic mass is 16.5. The van der Waals surface area contributed by atoms with Crippen LogP contribution in [-0.4, -0.2) is 30.2 Å². The summed E-state index contributed by atoms with van der Waals surface area (Å²) in [5.41, 5.74) is 6.74. The van der Waals surface area contributed by atoms with Gasteiger partial charge < -0.3 is 15.2 Å². The Hall–Kier alpha value is -1.03. The number of rotatable bonds is 1. The quantitative estimate of drug-likeness (QED) is 0.704. The maximum absolute atomic E-state index is 5.67. The summed E-state index contributed by atoms with van der Waals surface area (Å²) in [6.07, 6.45) is 4.17. The van der Waals surface area contributed by atoms with Crippen molar-refractivity contribution >= 4 is 5.88 Å². The van der Waals surface area contributed by atoms with Gasteiger partial charge in [0.05, 0.1) is 6.20 Å². The fourth-order valence-electron chi connectivity index (χ4n) is 1.98. The predicted octanol–water partition coefficient (Wildman–Crippen LogP) is 1.07. The highest BCUT2D eigenvalue weighted by Gasteiger charge is 2.22. The molecule has 1 aliphatic rings. The fourth-order valence-corrected chi connectivity index (χ4v) is 1.98. The van der Waals surface area contributed by atoms with Gasteiger partial charge in [0.2, 0.25) is 5.88 Å². The number of nitrogen functional groups attached to an aromatic ring is 1. The van der Waals surface area contributed by atoms with Gasteiger partial charge in [0.15, 0.2) is 0 Å². The van der Waals surface area contributed by atoms with Gasteiger partial charge >= 0.3 is 0 Å². The van der Waals surface area contributed by atoms with Crippen molar-refractivity contribution in [1.29, 1.82) is 0 Å². The number of nitrogens with zero attached hydrogens (tertiary/aromatic N) is 2. The third kappa shape index (κ3) is 1.67. The van der Waals surface area contributed by atoms with Gasteiger partial charge in [-0.25, -0.2) is 0 Å². The van der Waals surface area contributed by atoms with Gasteiger partial charge in [-0.05, 0) is 26.4 Å². The molecule has 1 aromatic heterocycles. The molecule has 72 valence electrons. The lowest BCUT2D eigenvalue weighted by atomic mass is 9.93. The van der Waals surface area contributed by atoms with Crippen LogP contribution in [0.4, 0.5) is 5.88 Å². The zero-order valence-corrected chi connectivity index (χ0v) is 7.86. The van der Waals surface area contributed by atoms with Crippen molar-refractivity contribution in [3.05, 3.63) is 11.8 Å². The molecule has 0 bridgehead atoms. The Morgan fingerprint density at radius 3 is 3.15 bits per heavy atom. The summed E-state index contributed by atoms with van der Waals surface area (Å²) in [7, 11) is 2.13. The summed E-state index contributed by atoms with van der Waals surface area (Å²) in [5, 5.41) is 3.70. The van der Waals surface area contributed by atoms with E-state index in [1.54, 1.807) is 6.20 Å². The SMILES string of the molecule is CN1CCCC(c2cnoc2N)C1. The molecule has 2 N–H and O–H groups in total. The van der Waals surface area contributed by atoms with Crippen molar-refractivity contribution in [2.45, 2.75) is 18.8 Å². The van der Waals surface area contributed by atoms with Crippen LogP contribution >= 0.6 is 0 Å². The first-order chi connectivity index (χ1) is 6.27. The molecule has 0 radical (unpaired) electrons. The normalized spacial score (nSPS) is 24.8. The van der Waals surface area contributed by atoms with Crippen molar-refractivity contribution in [1.82, 2.24) is 10.1 Å². The Bertz CT molecular complexity index is 284. The second kappa shape index (κ2) is 3.38. The first-order valence-corrected chi connectivity index (χ1v) is 4.66. The average Bonchev–Trinajstić information content (AvgIpc) is 2.51. The van der Waals surface area contributed by atoms with E-state index in [2.05, 4.69) is 17.1 Å². The number of anilines is 1. The van der Waals surface area contributed by atoms with Gasteiger partial charge in [0.25, 0.3) is 0 Å². The van der Waals surface area contributed by atoms with Crippen LogP contribution < -0.4 is 5.73 Å². The average molecular weight is 181 g/mol. The minimum Gasteiger partial charge on any atom is -0.367 e. The zero-order chi connectivity index (χ0) is 9.26. The Labute approximate surface area is 77.7 Å². The summed E-state index contributed by atoms with van der Waals surface area (Å²) >= 11 is 0. The molecule has 2 heterocycles. The van der Waals surface area contributed by atoms with E-state index in [-0.39, 0.29) is 0 Å². The van der Waals surface area contributed by atoms with Crippen LogP contribution in [0, 0.1) is 0 Å². The molecule has 0 aliphatic carbocycles. The highest BCUT2D eigenvalue weighted by Crippen LogP contribution is 2.29. The summed E-state index contributed by atoms with van der Waals surface area (Å²) in [4.78, 5) is 2.32. The van der Waals surface area contributed by atoms with Crippen LogP contribution in [0.2, 0.25) is 0 Å². The molecule has 1 aromatic rings. The van der Waals surface area contributed by atoms with Crippen molar-refractivity contribution in [3.8, 4) is 0 Å². The summed E-state index contributed by atoms with van der Waals surface area (Å²) in [6.45, 7) is 2.24. The van der Waals surface area contributed by atoms with Gasteiger partial charge in [-0.3, -0.25) is 0 Å². The standard InChI is InChI=1S/C9H15N3O/c1-12-4-2-3-7(6-12)8-5-11-13-9(8)10/h5,7H,2-4,6,10H2,1H3. The summed E-state index contributed by atoms with van der Waals surface area (Å²) < 4.78 is 4.86. The number of likely N-dealkylation sites (N-methyl/N-ethyl adjacent to an activating group) is 1. The first kappa shape index (κ1) is 8.56. The molecular weight excluding hydrogens is 166 g/mol. The molecule has 1 aliphatic heterocycles. The lowest BCUT2D eigenvalue weighted by Gasteiger charge is -2.28. The van der Waals surface area contributed by atoms with Crippen molar-refractivity contribution in [3.63, 3.8) is 0 Å².